The van der Waals surface area contributed by atoms with E-state index >= 15 is 0 Å². The average molecular weight is 243 g/mol. The highest BCUT2D eigenvalue weighted by atomic mass is 16.2. The maximum absolute atomic E-state index is 11.5. The second kappa shape index (κ2) is 8.51. The Hall–Kier alpha value is -1.63. The lowest BCUT2D eigenvalue weighted by Gasteiger charge is -2.23. The number of aldehydes is 1. The van der Waals surface area contributed by atoms with Crippen LogP contribution in [0.1, 0.15) is 32.6 Å². The summed E-state index contributed by atoms with van der Waals surface area (Å²) in [6.45, 7) is 2.36. The zero-order valence-electron chi connectivity index (χ0n) is 10.1. The Kier molecular flexibility index (Phi) is 7.70. The van der Waals surface area contributed by atoms with E-state index in [1.807, 2.05) is 6.92 Å². The normalized spacial score (nSPS) is 11.6. The van der Waals surface area contributed by atoms with Gasteiger partial charge in [-0.25, -0.2) is 5.84 Å². The lowest BCUT2D eigenvalue weighted by atomic mass is 10.1. The molecule has 1 amide bonds. The summed E-state index contributed by atoms with van der Waals surface area (Å²) in [6, 6.07) is -0.609. The summed E-state index contributed by atoms with van der Waals surface area (Å²) in [5.41, 5.74) is 5.10. The van der Waals surface area contributed by atoms with E-state index in [1.165, 1.54) is 0 Å². The van der Waals surface area contributed by atoms with Crippen LogP contribution in [0.4, 0.5) is 0 Å². The molecule has 98 valence electrons. The highest BCUT2D eigenvalue weighted by molar-refractivity contribution is 5.79. The summed E-state index contributed by atoms with van der Waals surface area (Å²) in [4.78, 5) is 22.3. The van der Waals surface area contributed by atoms with E-state index < -0.39 is 6.04 Å². The summed E-state index contributed by atoms with van der Waals surface area (Å²) in [5, 5.41) is 10.5. The van der Waals surface area contributed by atoms with Crippen LogP contribution in [0.15, 0.2) is 0 Å². The zero-order chi connectivity index (χ0) is 13.3. The van der Waals surface area contributed by atoms with Gasteiger partial charge >= 0.3 is 0 Å². The van der Waals surface area contributed by atoms with Crippen molar-refractivity contribution in [3.8, 4) is 0 Å². The minimum absolute atomic E-state index is 0.112. The Morgan fingerprint density at radius 1 is 1.59 bits per heavy atom. The number of nitrogens with two attached hydrogens (primary N) is 2. The van der Waals surface area contributed by atoms with Gasteiger partial charge in [-0.2, -0.15) is 0 Å². The van der Waals surface area contributed by atoms with Crippen LogP contribution in [0.5, 0.6) is 0 Å². The number of guanidine groups is 1. The highest BCUT2D eigenvalue weighted by Crippen LogP contribution is 2.03. The van der Waals surface area contributed by atoms with Crippen molar-refractivity contribution < 1.29 is 9.59 Å². The molecule has 0 aliphatic heterocycles. The molecule has 6 N–H and O–H groups in total. The van der Waals surface area contributed by atoms with Crippen molar-refractivity contribution in [1.29, 1.82) is 5.41 Å². The molecule has 1 unspecified atom stereocenters. The fourth-order valence-electron chi connectivity index (χ4n) is 1.33. The summed E-state index contributed by atoms with van der Waals surface area (Å²) >= 11 is 0. The molecule has 0 saturated carbocycles. The van der Waals surface area contributed by atoms with E-state index in [-0.39, 0.29) is 11.9 Å². The monoisotopic (exact) mass is 243 g/mol. The molecule has 0 aromatic rings. The predicted molar refractivity (Wildman–Crippen MR) is 64.9 cm³/mol. The van der Waals surface area contributed by atoms with Gasteiger partial charge in [0.2, 0.25) is 5.91 Å². The largest absolute Gasteiger partial charge is 0.370 e. The summed E-state index contributed by atoms with van der Waals surface area (Å²) in [5.74, 6) is 5.22. The molecule has 7 heteroatoms. The van der Waals surface area contributed by atoms with Crippen LogP contribution in [-0.4, -0.2) is 35.7 Å². The predicted octanol–water partition coefficient (Wildman–Crippen LogP) is -0.680. The maximum atomic E-state index is 11.5. The molecule has 0 radical (unpaired) electrons. The van der Waals surface area contributed by atoms with E-state index in [0.29, 0.717) is 38.5 Å². The number of nitrogens with zero attached hydrogens (tertiary/aromatic N) is 1. The van der Waals surface area contributed by atoms with Crippen LogP contribution >= 0.6 is 0 Å². The molecule has 0 saturated heterocycles. The van der Waals surface area contributed by atoms with Gasteiger partial charge in [0.1, 0.15) is 12.3 Å². The lowest BCUT2D eigenvalue weighted by molar-refractivity contribution is -0.137. The standard InChI is InChI=1S/C10H21N5O2/c1-2-4-9(17)15(13)8(7-16)5-3-6-14-10(11)12/h7-8H,2-6,13H2,1H3,(H4,11,12,14). The molecule has 17 heavy (non-hydrogen) atoms. The van der Waals surface area contributed by atoms with Crippen LogP contribution in [0.3, 0.4) is 0 Å². The third kappa shape index (κ3) is 6.52. The van der Waals surface area contributed by atoms with Crippen molar-refractivity contribution in [3.63, 3.8) is 0 Å². The molecule has 0 aromatic carbocycles. The van der Waals surface area contributed by atoms with Crippen molar-refractivity contribution in [2.24, 2.45) is 11.6 Å². The maximum Gasteiger partial charge on any atom is 0.237 e. The number of nitrogens with one attached hydrogen (secondary N) is 2. The van der Waals surface area contributed by atoms with Crippen molar-refractivity contribution >= 4 is 18.2 Å². The number of carbonyl (C=O) groups excluding carboxylic acids is 2. The Labute approximate surface area is 101 Å². The first kappa shape index (κ1) is 15.4. The molecule has 0 fully saturated rings. The second-order valence-corrected chi connectivity index (χ2v) is 3.74. The molecule has 7 nitrogen and oxygen atoms in total. The molecular weight excluding hydrogens is 222 g/mol. The minimum Gasteiger partial charge on any atom is -0.370 e. The van der Waals surface area contributed by atoms with E-state index in [2.05, 4.69) is 5.32 Å². The topological polar surface area (TPSA) is 125 Å². The Morgan fingerprint density at radius 2 is 2.24 bits per heavy atom. The van der Waals surface area contributed by atoms with Gasteiger partial charge in [0.25, 0.3) is 0 Å². The fourth-order valence-corrected chi connectivity index (χ4v) is 1.33. The molecule has 0 bridgehead atoms. The molecule has 0 spiro atoms. The molecule has 0 rings (SSSR count). The summed E-state index contributed by atoms with van der Waals surface area (Å²) in [7, 11) is 0. The Morgan fingerprint density at radius 3 is 2.71 bits per heavy atom. The van der Waals surface area contributed by atoms with Gasteiger partial charge in [-0.15, -0.1) is 0 Å². The zero-order valence-corrected chi connectivity index (χ0v) is 10.1. The van der Waals surface area contributed by atoms with Crippen molar-refractivity contribution in [2.45, 2.75) is 38.6 Å². The number of hydrazine groups is 1. The first-order chi connectivity index (χ1) is 8.02. The van der Waals surface area contributed by atoms with Crippen molar-refractivity contribution in [2.75, 3.05) is 6.54 Å². The first-order valence-electron chi connectivity index (χ1n) is 5.62. The third-order valence-corrected chi connectivity index (χ3v) is 2.26. The van der Waals surface area contributed by atoms with Gasteiger partial charge in [0.15, 0.2) is 5.96 Å². The molecule has 0 aromatic heterocycles. The van der Waals surface area contributed by atoms with E-state index in [9.17, 15) is 9.59 Å². The fraction of sp³-hybridized carbons (Fsp3) is 0.700. The van der Waals surface area contributed by atoms with E-state index in [0.717, 1.165) is 5.01 Å². The van der Waals surface area contributed by atoms with Crippen LogP contribution in [0.2, 0.25) is 0 Å². The third-order valence-electron chi connectivity index (χ3n) is 2.26. The first-order valence-corrected chi connectivity index (χ1v) is 5.62. The number of hydrogen-bond acceptors (Lipinski definition) is 4. The van der Waals surface area contributed by atoms with Crippen molar-refractivity contribution in [3.05, 3.63) is 0 Å². The number of hydrogen-bond donors (Lipinski definition) is 4. The molecule has 0 heterocycles. The average Bonchev–Trinajstić information content (AvgIpc) is 2.28. The number of rotatable bonds is 8. The Balaban J connectivity index is 4.01. The van der Waals surface area contributed by atoms with E-state index in [4.69, 9.17) is 17.0 Å². The molecular formula is C10H21N5O2. The summed E-state index contributed by atoms with van der Waals surface area (Å²) in [6.07, 6.45) is 2.77. The Bertz CT molecular complexity index is 269. The van der Waals surface area contributed by atoms with Crippen LogP contribution in [0.25, 0.3) is 0 Å². The van der Waals surface area contributed by atoms with Gasteiger partial charge in [-0.05, 0) is 19.3 Å². The summed E-state index contributed by atoms with van der Waals surface area (Å²) < 4.78 is 0. The number of carbonyl (C=O) groups is 2. The van der Waals surface area contributed by atoms with Gasteiger partial charge in [-0.3, -0.25) is 15.2 Å². The highest BCUT2D eigenvalue weighted by Gasteiger charge is 2.18. The van der Waals surface area contributed by atoms with Crippen molar-refractivity contribution in [1.82, 2.24) is 10.3 Å². The smallest absolute Gasteiger partial charge is 0.237 e. The van der Waals surface area contributed by atoms with Gasteiger partial charge in [0, 0.05) is 13.0 Å². The number of amides is 1. The van der Waals surface area contributed by atoms with Crippen LogP contribution in [-0.2, 0) is 9.59 Å². The molecule has 0 aliphatic rings. The van der Waals surface area contributed by atoms with Gasteiger partial charge < -0.3 is 15.8 Å². The van der Waals surface area contributed by atoms with E-state index in [1.54, 1.807) is 0 Å². The quantitative estimate of drug-likeness (QED) is 0.0854. The van der Waals surface area contributed by atoms with Gasteiger partial charge in [0.05, 0.1) is 0 Å². The minimum atomic E-state index is -0.609. The van der Waals surface area contributed by atoms with Gasteiger partial charge in [-0.1, -0.05) is 6.92 Å². The van der Waals surface area contributed by atoms with Crippen LogP contribution in [0, 0.1) is 5.41 Å². The SMILES string of the molecule is CCCC(=O)N(N)C(C=O)CCCNC(=N)N. The lowest BCUT2D eigenvalue weighted by Crippen LogP contribution is -2.46. The second-order valence-electron chi connectivity index (χ2n) is 3.74. The van der Waals surface area contributed by atoms with Crippen LogP contribution < -0.4 is 16.9 Å². The molecule has 1 atom stereocenters. The molecule has 0 aliphatic carbocycles.